The van der Waals surface area contributed by atoms with Crippen molar-refractivity contribution in [3.8, 4) is 0 Å². The molecule has 0 aromatic heterocycles. The van der Waals surface area contributed by atoms with Gasteiger partial charge in [0.05, 0.1) is 5.02 Å². The van der Waals surface area contributed by atoms with Crippen molar-refractivity contribution in [1.82, 2.24) is 4.90 Å². The summed E-state index contributed by atoms with van der Waals surface area (Å²) in [5, 5.41) is -0.0113. The van der Waals surface area contributed by atoms with Gasteiger partial charge in [0.1, 0.15) is 17.2 Å². The number of hydrogen-bond donors (Lipinski definition) is 0. The highest BCUT2D eigenvalue weighted by Crippen LogP contribution is 2.25. The highest BCUT2D eigenvalue weighted by molar-refractivity contribution is 6.31. The second kappa shape index (κ2) is 6.87. The first-order valence-electron chi connectivity index (χ1n) is 7.61. The molecule has 6 heteroatoms. The summed E-state index contributed by atoms with van der Waals surface area (Å²) in [7, 11) is 0. The first-order chi connectivity index (χ1) is 10.7. The average molecular weight is 342 g/mol. The van der Waals surface area contributed by atoms with Gasteiger partial charge in [-0.25, -0.2) is 9.18 Å². The van der Waals surface area contributed by atoms with Crippen LogP contribution in [0, 0.1) is 11.7 Å². The standard InChI is InChI=1S/C17H21ClFNO3/c1-17(2,3)23-16(22)20-8-7-12(10-20)14(21)9-11-5-4-6-13(19)15(11)18/h4-6,12H,7-10H2,1-3H3. The molecule has 126 valence electrons. The number of likely N-dealkylation sites (tertiary alicyclic amines) is 1. The molecule has 1 aromatic carbocycles. The molecule has 1 unspecified atom stereocenters. The van der Waals surface area contributed by atoms with Crippen LogP contribution in [-0.4, -0.2) is 35.5 Å². The lowest BCUT2D eigenvalue weighted by molar-refractivity contribution is -0.121. The molecule has 2 rings (SSSR count). The molecule has 1 amide bonds. The Labute approximate surface area is 140 Å². The van der Waals surface area contributed by atoms with Gasteiger partial charge in [-0.1, -0.05) is 23.7 Å². The van der Waals surface area contributed by atoms with Gasteiger partial charge >= 0.3 is 6.09 Å². The minimum Gasteiger partial charge on any atom is -0.444 e. The molecule has 23 heavy (non-hydrogen) atoms. The van der Waals surface area contributed by atoms with Gasteiger partial charge in [0.25, 0.3) is 0 Å². The Kier molecular flexibility index (Phi) is 5.30. The quantitative estimate of drug-likeness (QED) is 0.839. The molecule has 1 fully saturated rings. The van der Waals surface area contributed by atoms with Crippen molar-refractivity contribution in [3.63, 3.8) is 0 Å². The third-order valence-corrected chi connectivity index (χ3v) is 4.11. The maximum Gasteiger partial charge on any atom is 0.410 e. The zero-order valence-corrected chi connectivity index (χ0v) is 14.3. The van der Waals surface area contributed by atoms with Crippen LogP contribution in [0.15, 0.2) is 18.2 Å². The molecule has 1 aromatic rings. The molecule has 1 aliphatic heterocycles. The highest BCUT2D eigenvalue weighted by Gasteiger charge is 2.33. The third-order valence-electron chi connectivity index (χ3n) is 3.69. The van der Waals surface area contributed by atoms with Crippen LogP contribution in [-0.2, 0) is 16.0 Å². The number of ether oxygens (including phenoxy) is 1. The number of ketones is 1. The number of carbonyl (C=O) groups is 2. The van der Waals surface area contributed by atoms with Gasteiger partial charge in [-0.2, -0.15) is 0 Å². The molecule has 0 spiro atoms. The van der Waals surface area contributed by atoms with Crippen molar-refractivity contribution in [2.45, 2.75) is 39.2 Å². The summed E-state index contributed by atoms with van der Waals surface area (Å²) in [6.45, 7) is 6.23. The zero-order valence-electron chi connectivity index (χ0n) is 13.6. The number of benzene rings is 1. The van der Waals surface area contributed by atoms with E-state index >= 15 is 0 Å². The Morgan fingerprint density at radius 2 is 2.09 bits per heavy atom. The normalized spacial score (nSPS) is 18.1. The lowest BCUT2D eigenvalue weighted by Gasteiger charge is -2.24. The highest BCUT2D eigenvalue weighted by atomic mass is 35.5. The molecule has 4 nitrogen and oxygen atoms in total. The Bertz CT molecular complexity index is 612. The Morgan fingerprint density at radius 1 is 1.39 bits per heavy atom. The largest absolute Gasteiger partial charge is 0.444 e. The summed E-state index contributed by atoms with van der Waals surface area (Å²) < 4.78 is 18.7. The van der Waals surface area contributed by atoms with E-state index in [-0.39, 0.29) is 23.1 Å². The third kappa shape index (κ3) is 4.67. The topological polar surface area (TPSA) is 46.6 Å². The number of hydrogen-bond acceptors (Lipinski definition) is 3. The van der Waals surface area contributed by atoms with E-state index < -0.39 is 17.5 Å². The number of amides is 1. The van der Waals surface area contributed by atoms with Crippen LogP contribution in [0.5, 0.6) is 0 Å². The molecule has 1 atom stereocenters. The smallest absolute Gasteiger partial charge is 0.410 e. The molecule has 0 radical (unpaired) electrons. The van der Waals surface area contributed by atoms with Crippen LogP contribution in [0.3, 0.4) is 0 Å². The van der Waals surface area contributed by atoms with E-state index in [9.17, 15) is 14.0 Å². The molecule has 0 N–H and O–H groups in total. The Morgan fingerprint density at radius 3 is 2.74 bits per heavy atom. The number of carbonyl (C=O) groups excluding carboxylic acids is 2. The minimum atomic E-state index is -0.561. The fourth-order valence-corrected chi connectivity index (χ4v) is 2.73. The SMILES string of the molecule is CC(C)(C)OC(=O)N1CCC(C(=O)Cc2cccc(F)c2Cl)C1. The van der Waals surface area contributed by atoms with E-state index in [0.29, 0.717) is 25.1 Å². The van der Waals surface area contributed by atoms with Gasteiger partial charge in [0.2, 0.25) is 0 Å². The summed E-state index contributed by atoms with van der Waals surface area (Å²) in [5.41, 5.74) is -0.0822. The lowest BCUT2D eigenvalue weighted by atomic mass is 9.97. The zero-order chi connectivity index (χ0) is 17.2. The summed E-state index contributed by atoms with van der Waals surface area (Å²) in [5.74, 6) is -0.829. The molecular formula is C17H21ClFNO3. The van der Waals surface area contributed by atoms with Gasteiger partial charge in [-0.15, -0.1) is 0 Å². The monoisotopic (exact) mass is 341 g/mol. The van der Waals surface area contributed by atoms with Gasteiger partial charge in [-0.05, 0) is 38.8 Å². The maximum absolute atomic E-state index is 13.4. The molecule has 1 aliphatic rings. The van der Waals surface area contributed by atoms with Crippen molar-refractivity contribution < 1.29 is 18.7 Å². The summed E-state index contributed by atoms with van der Waals surface area (Å²) in [6, 6.07) is 4.44. The minimum absolute atomic E-state index is 0.0113. The van der Waals surface area contributed by atoms with E-state index in [1.165, 1.54) is 12.1 Å². The molecule has 1 saturated heterocycles. The van der Waals surface area contributed by atoms with Crippen LogP contribution < -0.4 is 0 Å². The van der Waals surface area contributed by atoms with Crippen molar-refractivity contribution >= 4 is 23.5 Å². The predicted molar refractivity (Wildman–Crippen MR) is 86.0 cm³/mol. The number of rotatable bonds is 3. The molecule has 0 bridgehead atoms. The first kappa shape index (κ1) is 17.7. The summed E-state index contributed by atoms with van der Waals surface area (Å²) >= 11 is 5.88. The second-order valence-corrected chi connectivity index (χ2v) is 7.15. The Hall–Kier alpha value is -1.62. The summed E-state index contributed by atoms with van der Waals surface area (Å²) in [4.78, 5) is 25.9. The summed E-state index contributed by atoms with van der Waals surface area (Å²) in [6.07, 6.45) is 0.255. The van der Waals surface area contributed by atoms with Crippen molar-refractivity contribution in [2.75, 3.05) is 13.1 Å². The molecule has 0 saturated carbocycles. The molecule has 1 heterocycles. The molecule has 0 aliphatic carbocycles. The second-order valence-electron chi connectivity index (χ2n) is 6.77. The van der Waals surface area contributed by atoms with E-state index in [2.05, 4.69) is 0 Å². The van der Waals surface area contributed by atoms with Crippen molar-refractivity contribution in [1.29, 1.82) is 0 Å². The van der Waals surface area contributed by atoms with E-state index in [4.69, 9.17) is 16.3 Å². The number of Topliss-reactive ketones (excluding diaryl/α,β-unsaturated/α-hetero) is 1. The van der Waals surface area contributed by atoms with Crippen LogP contribution in [0.2, 0.25) is 5.02 Å². The predicted octanol–water partition coefficient (Wildman–Crippen LogP) is 3.85. The molecular weight excluding hydrogens is 321 g/mol. The van der Waals surface area contributed by atoms with Gasteiger partial charge in [0.15, 0.2) is 0 Å². The fraction of sp³-hybridized carbons (Fsp3) is 0.529. The first-order valence-corrected chi connectivity index (χ1v) is 7.98. The van der Waals surface area contributed by atoms with E-state index in [1.807, 2.05) is 0 Å². The van der Waals surface area contributed by atoms with Crippen LogP contribution in [0.1, 0.15) is 32.8 Å². The van der Waals surface area contributed by atoms with Crippen LogP contribution in [0.25, 0.3) is 0 Å². The van der Waals surface area contributed by atoms with Crippen molar-refractivity contribution in [3.05, 3.63) is 34.6 Å². The lowest BCUT2D eigenvalue weighted by Crippen LogP contribution is -2.36. The Balaban J connectivity index is 1.95. The van der Waals surface area contributed by atoms with E-state index in [1.54, 1.807) is 31.7 Å². The van der Waals surface area contributed by atoms with Gasteiger partial charge in [-0.3, -0.25) is 4.79 Å². The number of nitrogens with zero attached hydrogens (tertiary/aromatic N) is 1. The van der Waals surface area contributed by atoms with E-state index in [0.717, 1.165) is 0 Å². The van der Waals surface area contributed by atoms with Gasteiger partial charge in [0, 0.05) is 25.4 Å². The number of halogens is 2. The average Bonchev–Trinajstić information content (AvgIpc) is 2.92. The van der Waals surface area contributed by atoms with Crippen LogP contribution >= 0.6 is 11.6 Å². The van der Waals surface area contributed by atoms with Crippen molar-refractivity contribution in [2.24, 2.45) is 5.92 Å². The fourth-order valence-electron chi connectivity index (χ4n) is 2.53. The van der Waals surface area contributed by atoms with Crippen LogP contribution in [0.4, 0.5) is 9.18 Å². The van der Waals surface area contributed by atoms with Gasteiger partial charge < -0.3 is 9.64 Å². The maximum atomic E-state index is 13.4.